The number of thiol groups is 1. The predicted octanol–water partition coefficient (Wildman–Crippen LogP) is 6.13. The molecule has 0 N–H and O–H groups in total. The first kappa shape index (κ1) is 20.9. The van der Waals surface area contributed by atoms with Crippen molar-refractivity contribution in [3.05, 3.63) is 59.7 Å². The zero-order chi connectivity index (χ0) is 18.8. The van der Waals surface area contributed by atoms with E-state index in [-0.39, 0.29) is 0 Å². The van der Waals surface area contributed by atoms with Gasteiger partial charge in [0.1, 0.15) is 12.4 Å². The van der Waals surface area contributed by atoms with Crippen molar-refractivity contribution in [1.82, 2.24) is 4.90 Å². The zero-order valence-corrected chi connectivity index (χ0v) is 17.3. The minimum atomic E-state index is 0.603. The normalized spacial score (nSPS) is 17.8. The molecule has 1 heterocycles. The van der Waals surface area contributed by atoms with Crippen molar-refractivity contribution < 1.29 is 4.74 Å². The van der Waals surface area contributed by atoms with Crippen molar-refractivity contribution in [2.75, 3.05) is 13.6 Å². The first-order valence-corrected chi connectivity index (χ1v) is 10.2. The monoisotopic (exact) mass is 371 g/mol. The molecular weight excluding hydrogens is 338 g/mol. The highest BCUT2D eigenvalue weighted by Gasteiger charge is 2.14. The minimum absolute atomic E-state index is 0.603. The minimum Gasteiger partial charge on any atom is -0.489 e. The van der Waals surface area contributed by atoms with Crippen LogP contribution in [-0.4, -0.2) is 24.5 Å². The molecule has 0 amide bonds. The molecule has 1 atom stereocenters. The Morgan fingerprint density at radius 3 is 2.54 bits per heavy atom. The van der Waals surface area contributed by atoms with Gasteiger partial charge in [-0.1, -0.05) is 50.1 Å². The second kappa shape index (κ2) is 11.3. The molecule has 1 saturated heterocycles. The Balaban J connectivity index is 0.000000209. The van der Waals surface area contributed by atoms with Crippen LogP contribution in [0.5, 0.6) is 5.75 Å². The lowest BCUT2D eigenvalue weighted by atomic mass is 10.1. The van der Waals surface area contributed by atoms with Gasteiger partial charge in [-0.05, 0) is 69.1 Å². The smallest absolute Gasteiger partial charge is 0.120 e. The van der Waals surface area contributed by atoms with Gasteiger partial charge in [0.05, 0.1) is 0 Å². The molecule has 1 fully saturated rings. The standard InChI is InChI=1S/C14H14OS.C9H19N/c1-11-9-13(7-8-14(11)16)15-10-12-5-3-2-4-6-12;1-3-9-7-5-4-6-8-10(9)2/h2-9,16H,10H2,1H3;9H,3-8H2,1-2H3. The third-order valence-electron chi connectivity index (χ3n) is 5.06. The van der Waals surface area contributed by atoms with Crippen LogP contribution in [0.3, 0.4) is 0 Å². The molecule has 0 bridgehead atoms. The number of nitrogens with zero attached hydrogens (tertiary/aromatic N) is 1. The van der Waals surface area contributed by atoms with Crippen LogP contribution in [0.1, 0.15) is 50.2 Å². The number of rotatable bonds is 4. The Bertz CT molecular complexity index is 644. The van der Waals surface area contributed by atoms with Gasteiger partial charge in [0, 0.05) is 10.9 Å². The van der Waals surface area contributed by atoms with E-state index in [1.54, 1.807) is 0 Å². The van der Waals surface area contributed by atoms with Gasteiger partial charge in [-0.15, -0.1) is 12.6 Å². The Morgan fingerprint density at radius 1 is 1.08 bits per heavy atom. The van der Waals surface area contributed by atoms with Gasteiger partial charge in [-0.25, -0.2) is 0 Å². The summed E-state index contributed by atoms with van der Waals surface area (Å²) < 4.78 is 5.69. The molecule has 26 heavy (non-hydrogen) atoms. The second-order valence-corrected chi connectivity index (χ2v) is 7.60. The summed E-state index contributed by atoms with van der Waals surface area (Å²) in [6, 6.07) is 16.9. The van der Waals surface area contributed by atoms with Crippen LogP contribution in [-0.2, 0) is 6.61 Å². The van der Waals surface area contributed by atoms with E-state index >= 15 is 0 Å². The second-order valence-electron chi connectivity index (χ2n) is 7.11. The lowest BCUT2D eigenvalue weighted by Crippen LogP contribution is -2.30. The summed E-state index contributed by atoms with van der Waals surface area (Å²) in [4.78, 5) is 3.51. The fourth-order valence-corrected chi connectivity index (χ4v) is 3.43. The SMILES string of the molecule is CCC1CCCCCN1C.Cc1cc(OCc2ccccc2)ccc1S. The van der Waals surface area contributed by atoms with E-state index in [4.69, 9.17) is 4.74 Å². The molecule has 2 aromatic rings. The van der Waals surface area contributed by atoms with E-state index in [0.717, 1.165) is 22.3 Å². The van der Waals surface area contributed by atoms with E-state index in [9.17, 15) is 0 Å². The van der Waals surface area contributed by atoms with Crippen LogP contribution < -0.4 is 4.74 Å². The van der Waals surface area contributed by atoms with Crippen LogP contribution in [0.15, 0.2) is 53.4 Å². The van der Waals surface area contributed by atoms with Crippen LogP contribution in [0.25, 0.3) is 0 Å². The fourth-order valence-electron chi connectivity index (χ4n) is 3.30. The number of aryl methyl sites for hydroxylation is 1. The van der Waals surface area contributed by atoms with E-state index in [1.807, 2.05) is 43.3 Å². The number of hydrogen-bond donors (Lipinski definition) is 1. The van der Waals surface area contributed by atoms with Crippen LogP contribution >= 0.6 is 12.6 Å². The van der Waals surface area contributed by atoms with Gasteiger partial charge < -0.3 is 9.64 Å². The summed E-state index contributed by atoms with van der Waals surface area (Å²) in [7, 11) is 2.26. The van der Waals surface area contributed by atoms with Crippen LogP contribution in [0.2, 0.25) is 0 Å². The predicted molar refractivity (Wildman–Crippen MR) is 114 cm³/mol. The molecule has 3 rings (SSSR count). The van der Waals surface area contributed by atoms with Crippen LogP contribution in [0.4, 0.5) is 0 Å². The average Bonchev–Trinajstić information content (AvgIpc) is 2.88. The van der Waals surface area contributed by atoms with E-state index in [2.05, 4.69) is 43.6 Å². The average molecular weight is 372 g/mol. The number of benzene rings is 2. The van der Waals surface area contributed by atoms with Gasteiger partial charge in [-0.2, -0.15) is 0 Å². The highest BCUT2D eigenvalue weighted by molar-refractivity contribution is 7.80. The number of likely N-dealkylation sites (tertiary alicyclic amines) is 1. The molecule has 1 unspecified atom stereocenters. The fraction of sp³-hybridized carbons (Fsp3) is 0.478. The van der Waals surface area contributed by atoms with E-state index in [0.29, 0.717) is 6.61 Å². The summed E-state index contributed by atoms with van der Waals surface area (Å²) in [5, 5.41) is 0. The lowest BCUT2D eigenvalue weighted by molar-refractivity contribution is 0.241. The summed E-state index contributed by atoms with van der Waals surface area (Å²) in [6.07, 6.45) is 7.06. The van der Waals surface area contributed by atoms with Crippen molar-refractivity contribution in [2.24, 2.45) is 0 Å². The first-order valence-electron chi connectivity index (χ1n) is 9.76. The Hall–Kier alpha value is -1.45. The van der Waals surface area contributed by atoms with E-state index in [1.165, 1.54) is 44.2 Å². The molecule has 0 radical (unpaired) electrons. The largest absolute Gasteiger partial charge is 0.489 e. The van der Waals surface area contributed by atoms with Gasteiger partial charge in [0.15, 0.2) is 0 Å². The van der Waals surface area contributed by atoms with Gasteiger partial charge in [0.25, 0.3) is 0 Å². The highest BCUT2D eigenvalue weighted by atomic mass is 32.1. The molecular formula is C23H33NOS. The van der Waals surface area contributed by atoms with Crippen molar-refractivity contribution in [2.45, 2.75) is 63.5 Å². The molecule has 0 spiro atoms. The quantitative estimate of drug-likeness (QED) is 0.649. The molecule has 2 nitrogen and oxygen atoms in total. The molecule has 2 aromatic carbocycles. The Labute approximate surface area is 165 Å². The third-order valence-corrected chi connectivity index (χ3v) is 5.56. The summed E-state index contributed by atoms with van der Waals surface area (Å²) in [6.45, 7) is 6.24. The maximum Gasteiger partial charge on any atom is 0.120 e. The lowest BCUT2D eigenvalue weighted by Gasteiger charge is -2.23. The maximum absolute atomic E-state index is 5.69. The summed E-state index contributed by atoms with van der Waals surface area (Å²) in [5.41, 5.74) is 2.31. The molecule has 0 aliphatic carbocycles. The third kappa shape index (κ3) is 7.05. The molecule has 142 valence electrons. The first-order chi connectivity index (χ1) is 12.6. The van der Waals surface area contributed by atoms with Crippen molar-refractivity contribution in [3.8, 4) is 5.75 Å². The maximum atomic E-state index is 5.69. The van der Waals surface area contributed by atoms with Gasteiger partial charge in [0.2, 0.25) is 0 Å². The van der Waals surface area contributed by atoms with E-state index < -0.39 is 0 Å². The molecule has 1 aliphatic rings. The zero-order valence-electron chi connectivity index (χ0n) is 16.4. The molecule has 0 saturated carbocycles. The summed E-state index contributed by atoms with van der Waals surface area (Å²) in [5.74, 6) is 0.888. The number of hydrogen-bond acceptors (Lipinski definition) is 3. The highest BCUT2D eigenvalue weighted by Crippen LogP contribution is 2.20. The van der Waals surface area contributed by atoms with Crippen molar-refractivity contribution in [1.29, 1.82) is 0 Å². The topological polar surface area (TPSA) is 12.5 Å². The Kier molecular flexibility index (Phi) is 9.07. The van der Waals surface area contributed by atoms with Crippen molar-refractivity contribution in [3.63, 3.8) is 0 Å². The van der Waals surface area contributed by atoms with Crippen molar-refractivity contribution >= 4 is 12.6 Å². The van der Waals surface area contributed by atoms with Crippen LogP contribution in [0, 0.1) is 6.92 Å². The molecule has 0 aromatic heterocycles. The number of ether oxygens (including phenoxy) is 1. The molecule has 3 heteroatoms. The van der Waals surface area contributed by atoms with Gasteiger partial charge >= 0.3 is 0 Å². The Morgan fingerprint density at radius 2 is 1.85 bits per heavy atom. The summed E-state index contributed by atoms with van der Waals surface area (Å²) >= 11 is 4.33. The molecule has 1 aliphatic heterocycles. The van der Waals surface area contributed by atoms with Gasteiger partial charge in [-0.3, -0.25) is 0 Å².